The van der Waals surface area contributed by atoms with E-state index in [2.05, 4.69) is 10.3 Å². The number of aromatic nitrogens is 1. The second-order valence-corrected chi connectivity index (χ2v) is 6.50. The maximum Gasteiger partial charge on any atom is 0.258 e. The lowest BCUT2D eigenvalue weighted by atomic mass is 10.1. The Balaban J connectivity index is 1.72. The molecule has 3 aromatic carbocycles. The van der Waals surface area contributed by atoms with Crippen LogP contribution in [0.3, 0.4) is 0 Å². The maximum absolute atomic E-state index is 13.8. The van der Waals surface area contributed by atoms with Crippen molar-refractivity contribution in [3.8, 4) is 10.6 Å². The van der Waals surface area contributed by atoms with E-state index in [-0.39, 0.29) is 5.56 Å². The van der Waals surface area contributed by atoms with Crippen molar-refractivity contribution in [3.63, 3.8) is 0 Å². The topological polar surface area (TPSA) is 42.0 Å². The minimum absolute atomic E-state index is 0.0154. The minimum Gasteiger partial charge on any atom is -0.321 e. The Morgan fingerprint density at radius 1 is 0.920 bits per heavy atom. The summed E-state index contributed by atoms with van der Waals surface area (Å²) in [5, 5.41) is 3.61. The van der Waals surface area contributed by atoms with Crippen molar-refractivity contribution in [2.75, 3.05) is 5.32 Å². The molecule has 0 atom stereocenters. The van der Waals surface area contributed by atoms with Crippen molar-refractivity contribution in [2.45, 2.75) is 0 Å². The molecule has 1 N–H and O–H groups in total. The summed E-state index contributed by atoms with van der Waals surface area (Å²) >= 11 is 1.55. The van der Waals surface area contributed by atoms with Gasteiger partial charge in [-0.15, -0.1) is 11.3 Å². The molecule has 1 amide bonds. The van der Waals surface area contributed by atoms with Crippen LogP contribution < -0.4 is 5.32 Å². The van der Waals surface area contributed by atoms with Crippen LogP contribution in [0.1, 0.15) is 10.4 Å². The predicted octanol–water partition coefficient (Wildman–Crippen LogP) is 5.35. The average Bonchev–Trinajstić information content (AvgIpc) is 3.06. The number of hydrogen-bond acceptors (Lipinski definition) is 3. The van der Waals surface area contributed by atoms with Gasteiger partial charge in [0.15, 0.2) is 0 Å². The number of para-hydroxylation sites is 2. The largest absolute Gasteiger partial charge is 0.321 e. The highest BCUT2D eigenvalue weighted by Crippen LogP contribution is 2.34. The number of rotatable bonds is 3. The lowest BCUT2D eigenvalue weighted by Crippen LogP contribution is -2.14. The number of benzene rings is 3. The second kappa shape index (κ2) is 6.45. The fraction of sp³-hybridized carbons (Fsp3) is 0. The molecule has 3 nitrogen and oxygen atoms in total. The molecule has 0 fully saturated rings. The van der Waals surface area contributed by atoms with E-state index < -0.39 is 11.7 Å². The van der Waals surface area contributed by atoms with Gasteiger partial charge in [-0.05, 0) is 36.4 Å². The van der Waals surface area contributed by atoms with E-state index in [0.717, 1.165) is 20.8 Å². The minimum atomic E-state index is -0.544. The lowest BCUT2D eigenvalue weighted by molar-refractivity contribution is 0.102. The van der Waals surface area contributed by atoms with E-state index >= 15 is 0 Å². The summed E-state index contributed by atoms with van der Waals surface area (Å²) < 4.78 is 14.9. The molecule has 0 aliphatic heterocycles. The van der Waals surface area contributed by atoms with E-state index in [1.807, 2.05) is 42.5 Å². The highest BCUT2D eigenvalue weighted by Gasteiger charge is 2.15. The first-order valence-electron chi connectivity index (χ1n) is 7.73. The predicted molar refractivity (Wildman–Crippen MR) is 99.4 cm³/mol. The SMILES string of the molecule is O=C(Nc1ccccc1-c1nc2ccccc2s1)c1ccccc1F. The van der Waals surface area contributed by atoms with Crippen LogP contribution in [0.2, 0.25) is 0 Å². The molecule has 0 unspecified atom stereocenters. The number of hydrogen-bond donors (Lipinski definition) is 1. The zero-order valence-corrected chi connectivity index (χ0v) is 13.9. The summed E-state index contributed by atoms with van der Waals surface area (Å²) in [6.45, 7) is 0. The van der Waals surface area contributed by atoms with Gasteiger partial charge < -0.3 is 5.32 Å². The Labute approximate surface area is 147 Å². The Bertz CT molecular complexity index is 1040. The summed E-state index contributed by atoms with van der Waals surface area (Å²) in [6.07, 6.45) is 0. The van der Waals surface area contributed by atoms with Crippen LogP contribution in [-0.2, 0) is 0 Å². The Morgan fingerprint density at radius 3 is 2.48 bits per heavy atom. The molecule has 0 radical (unpaired) electrons. The van der Waals surface area contributed by atoms with Crippen molar-refractivity contribution >= 4 is 33.1 Å². The Hall–Kier alpha value is -3.05. The van der Waals surface area contributed by atoms with Crippen LogP contribution >= 0.6 is 11.3 Å². The molecule has 0 bridgehead atoms. The van der Waals surface area contributed by atoms with Crippen LogP contribution in [0.4, 0.5) is 10.1 Å². The van der Waals surface area contributed by atoms with Crippen LogP contribution in [-0.4, -0.2) is 10.9 Å². The summed E-state index contributed by atoms with van der Waals surface area (Å²) in [6, 6.07) is 21.2. The first kappa shape index (κ1) is 15.5. The van der Waals surface area contributed by atoms with E-state index in [0.29, 0.717) is 5.69 Å². The van der Waals surface area contributed by atoms with Crippen molar-refractivity contribution in [1.29, 1.82) is 0 Å². The second-order valence-electron chi connectivity index (χ2n) is 5.47. The van der Waals surface area contributed by atoms with Gasteiger partial charge in [0.2, 0.25) is 0 Å². The Morgan fingerprint density at radius 2 is 1.64 bits per heavy atom. The van der Waals surface area contributed by atoms with Gasteiger partial charge in [0.25, 0.3) is 5.91 Å². The third kappa shape index (κ3) is 3.02. The molecule has 5 heteroatoms. The first-order valence-corrected chi connectivity index (χ1v) is 8.55. The Kier molecular flexibility index (Phi) is 3.99. The summed E-state index contributed by atoms with van der Waals surface area (Å²) in [7, 11) is 0. The number of amides is 1. The standard InChI is InChI=1S/C20H13FN2OS/c21-15-9-3-1-7-13(15)19(24)22-16-10-4-2-8-14(16)20-23-17-11-5-6-12-18(17)25-20/h1-12H,(H,22,24). The number of halogens is 1. The zero-order valence-electron chi connectivity index (χ0n) is 13.1. The number of carbonyl (C=O) groups excluding carboxylic acids is 1. The number of nitrogens with zero attached hydrogens (tertiary/aromatic N) is 1. The number of nitrogens with one attached hydrogen (secondary N) is 1. The summed E-state index contributed by atoms with van der Waals surface area (Å²) in [4.78, 5) is 17.1. The summed E-state index contributed by atoms with van der Waals surface area (Å²) in [5.41, 5.74) is 2.35. The van der Waals surface area contributed by atoms with Gasteiger partial charge in [0.1, 0.15) is 10.8 Å². The monoisotopic (exact) mass is 348 g/mol. The van der Waals surface area contributed by atoms with Crippen LogP contribution in [0.15, 0.2) is 72.8 Å². The van der Waals surface area contributed by atoms with E-state index in [1.54, 1.807) is 29.5 Å². The summed E-state index contributed by atoms with van der Waals surface area (Å²) in [5.74, 6) is -1.02. The molecule has 122 valence electrons. The molecular weight excluding hydrogens is 335 g/mol. The molecule has 1 heterocycles. The number of fused-ring (bicyclic) bond motifs is 1. The first-order chi connectivity index (χ1) is 12.2. The van der Waals surface area contributed by atoms with Gasteiger partial charge in [-0.2, -0.15) is 0 Å². The molecule has 4 aromatic rings. The zero-order chi connectivity index (χ0) is 17.2. The van der Waals surface area contributed by atoms with Gasteiger partial charge in [-0.3, -0.25) is 4.79 Å². The molecule has 0 aliphatic carbocycles. The van der Waals surface area contributed by atoms with Crippen LogP contribution in [0, 0.1) is 5.82 Å². The highest BCUT2D eigenvalue weighted by atomic mass is 32.1. The lowest BCUT2D eigenvalue weighted by Gasteiger charge is -2.09. The number of anilines is 1. The highest BCUT2D eigenvalue weighted by molar-refractivity contribution is 7.21. The van der Waals surface area contributed by atoms with Crippen LogP contribution in [0.5, 0.6) is 0 Å². The van der Waals surface area contributed by atoms with Crippen molar-refractivity contribution < 1.29 is 9.18 Å². The maximum atomic E-state index is 13.8. The van der Waals surface area contributed by atoms with E-state index in [1.165, 1.54) is 12.1 Å². The molecule has 0 spiro atoms. The molecule has 0 saturated heterocycles. The van der Waals surface area contributed by atoms with Gasteiger partial charge in [-0.1, -0.05) is 36.4 Å². The van der Waals surface area contributed by atoms with E-state index in [9.17, 15) is 9.18 Å². The third-order valence-corrected chi connectivity index (χ3v) is 4.89. The van der Waals surface area contributed by atoms with Gasteiger partial charge >= 0.3 is 0 Å². The normalized spacial score (nSPS) is 10.8. The number of carbonyl (C=O) groups is 1. The molecule has 1 aromatic heterocycles. The van der Waals surface area contributed by atoms with Crippen molar-refractivity contribution in [3.05, 3.63) is 84.2 Å². The quantitative estimate of drug-likeness (QED) is 0.542. The van der Waals surface area contributed by atoms with Crippen LogP contribution in [0.25, 0.3) is 20.8 Å². The van der Waals surface area contributed by atoms with E-state index in [4.69, 9.17) is 0 Å². The van der Waals surface area contributed by atoms with Crippen molar-refractivity contribution in [2.24, 2.45) is 0 Å². The molecule has 0 saturated carbocycles. The smallest absolute Gasteiger partial charge is 0.258 e. The van der Waals surface area contributed by atoms with Gasteiger partial charge in [-0.25, -0.2) is 9.37 Å². The van der Waals surface area contributed by atoms with Gasteiger partial charge in [0, 0.05) is 5.56 Å². The number of thiazole rings is 1. The average molecular weight is 348 g/mol. The molecule has 25 heavy (non-hydrogen) atoms. The fourth-order valence-corrected chi connectivity index (χ4v) is 3.61. The fourth-order valence-electron chi connectivity index (χ4n) is 2.60. The third-order valence-electron chi connectivity index (χ3n) is 3.82. The van der Waals surface area contributed by atoms with Gasteiger partial charge in [0.05, 0.1) is 21.5 Å². The van der Waals surface area contributed by atoms with Crippen molar-refractivity contribution in [1.82, 2.24) is 4.98 Å². The molecule has 4 rings (SSSR count). The molecular formula is C20H13FN2OS. The molecule has 0 aliphatic rings.